The molecule has 2 rings (SSSR count). The zero-order valence-electron chi connectivity index (χ0n) is 11.8. The Morgan fingerprint density at radius 2 is 2.16 bits per heavy atom. The monoisotopic (exact) mass is 265 g/mol. The molecule has 0 atom stereocenters. The molecule has 5 nitrogen and oxygen atoms in total. The van der Waals surface area contributed by atoms with Gasteiger partial charge in [0.1, 0.15) is 0 Å². The average molecular weight is 265 g/mol. The topological polar surface area (TPSA) is 59.6 Å². The van der Waals surface area contributed by atoms with Gasteiger partial charge in [0.05, 0.1) is 29.8 Å². The molecule has 19 heavy (non-hydrogen) atoms. The standard InChI is InChI=1S/C14H23N3O2/c1-3-11-9-13(17(4-2)15-11)10-19-14-7-5-12(16-18)6-8-14/h9,14,18H,3-8,10H2,1-2H3. The predicted octanol–water partition coefficient (Wildman–Crippen LogP) is 2.75. The highest BCUT2D eigenvalue weighted by molar-refractivity contribution is 5.84. The Bertz CT molecular complexity index is 430. The van der Waals surface area contributed by atoms with E-state index >= 15 is 0 Å². The van der Waals surface area contributed by atoms with E-state index in [0.29, 0.717) is 6.61 Å². The Morgan fingerprint density at radius 3 is 2.74 bits per heavy atom. The molecule has 0 spiro atoms. The van der Waals surface area contributed by atoms with Crippen molar-refractivity contribution in [3.8, 4) is 0 Å². The normalized spacial score (nSPS) is 19.7. The third-order valence-corrected chi connectivity index (χ3v) is 3.69. The maximum atomic E-state index is 8.72. The predicted molar refractivity (Wildman–Crippen MR) is 73.5 cm³/mol. The van der Waals surface area contributed by atoms with Crippen LogP contribution < -0.4 is 0 Å². The van der Waals surface area contributed by atoms with Crippen molar-refractivity contribution in [3.63, 3.8) is 0 Å². The van der Waals surface area contributed by atoms with Crippen LogP contribution in [0.25, 0.3) is 0 Å². The molecule has 1 fully saturated rings. The highest BCUT2D eigenvalue weighted by Gasteiger charge is 2.19. The van der Waals surface area contributed by atoms with Gasteiger partial charge >= 0.3 is 0 Å². The molecule has 1 aliphatic rings. The zero-order valence-corrected chi connectivity index (χ0v) is 11.8. The second-order valence-corrected chi connectivity index (χ2v) is 4.97. The molecule has 1 N–H and O–H groups in total. The first-order valence-corrected chi connectivity index (χ1v) is 7.13. The minimum Gasteiger partial charge on any atom is -0.411 e. The van der Waals surface area contributed by atoms with E-state index in [-0.39, 0.29) is 6.10 Å². The van der Waals surface area contributed by atoms with Gasteiger partial charge in [-0.1, -0.05) is 12.1 Å². The number of rotatable bonds is 5. The lowest BCUT2D eigenvalue weighted by molar-refractivity contribution is 0.0241. The van der Waals surface area contributed by atoms with Crippen LogP contribution >= 0.6 is 0 Å². The Hall–Kier alpha value is -1.36. The molecule has 0 amide bonds. The van der Waals surface area contributed by atoms with Gasteiger partial charge in [0.2, 0.25) is 0 Å². The number of ether oxygens (including phenoxy) is 1. The van der Waals surface area contributed by atoms with E-state index in [0.717, 1.165) is 55.7 Å². The zero-order chi connectivity index (χ0) is 13.7. The first kappa shape index (κ1) is 14.1. The number of oxime groups is 1. The molecule has 1 saturated carbocycles. The summed E-state index contributed by atoms with van der Waals surface area (Å²) in [5.41, 5.74) is 3.17. The van der Waals surface area contributed by atoms with Gasteiger partial charge in [-0.2, -0.15) is 5.10 Å². The maximum Gasteiger partial charge on any atom is 0.0888 e. The lowest BCUT2D eigenvalue weighted by Crippen LogP contribution is -2.22. The Balaban J connectivity index is 1.87. The summed E-state index contributed by atoms with van der Waals surface area (Å²) in [6.45, 7) is 5.71. The molecular formula is C14H23N3O2. The second kappa shape index (κ2) is 6.70. The van der Waals surface area contributed by atoms with E-state index in [1.54, 1.807) is 0 Å². The number of hydrogen-bond donors (Lipinski definition) is 1. The number of hydrogen-bond acceptors (Lipinski definition) is 4. The van der Waals surface area contributed by atoms with E-state index in [4.69, 9.17) is 9.94 Å². The van der Waals surface area contributed by atoms with E-state index in [2.05, 4.69) is 30.2 Å². The van der Waals surface area contributed by atoms with Crippen molar-refractivity contribution in [1.82, 2.24) is 9.78 Å². The molecular weight excluding hydrogens is 242 g/mol. The number of nitrogens with zero attached hydrogens (tertiary/aromatic N) is 3. The largest absolute Gasteiger partial charge is 0.411 e. The van der Waals surface area contributed by atoms with Crippen molar-refractivity contribution in [2.45, 2.75) is 65.2 Å². The second-order valence-electron chi connectivity index (χ2n) is 4.97. The van der Waals surface area contributed by atoms with E-state index in [9.17, 15) is 0 Å². The molecule has 5 heteroatoms. The molecule has 0 bridgehead atoms. The van der Waals surface area contributed by atoms with Crippen LogP contribution in [0.1, 0.15) is 50.9 Å². The van der Waals surface area contributed by atoms with Crippen LogP contribution in [0, 0.1) is 0 Å². The van der Waals surface area contributed by atoms with Crippen molar-refractivity contribution in [2.75, 3.05) is 0 Å². The molecule has 1 aliphatic carbocycles. The molecule has 106 valence electrons. The summed E-state index contributed by atoms with van der Waals surface area (Å²) in [6, 6.07) is 2.13. The highest BCUT2D eigenvalue weighted by Crippen LogP contribution is 2.20. The first-order valence-electron chi connectivity index (χ1n) is 7.13. The van der Waals surface area contributed by atoms with Crippen LogP contribution in [-0.2, 0) is 24.3 Å². The van der Waals surface area contributed by atoms with Gasteiger partial charge in [0, 0.05) is 6.54 Å². The van der Waals surface area contributed by atoms with Crippen LogP contribution in [0.15, 0.2) is 11.2 Å². The van der Waals surface area contributed by atoms with Crippen molar-refractivity contribution in [3.05, 3.63) is 17.5 Å². The fourth-order valence-corrected chi connectivity index (χ4v) is 2.47. The average Bonchev–Trinajstić information content (AvgIpc) is 2.88. The van der Waals surface area contributed by atoms with Gasteiger partial charge in [0.25, 0.3) is 0 Å². The molecule has 1 aromatic heterocycles. The SMILES string of the molecule is CCc1cc(COC2CCC(=NO)CC2)n(CC)n1. The van der Waals surface area contributed by atoms with Crippen molar-refractivity contribution in [1.29, 1.82) is 0 Å². The maximum absolute atomic E-state index is 8.72. The lowest BCUT2D eigenvalue weighted by Gasteiger charge is -2.22. The number of aromatic nitrogens is 2. The van der Waals surface area contributed by atoms with Crippen LogP contribution in [0.5, 0.6) is 0 Å². The fourth-order valence-electron chi connectivity index (χ4n) is 2.47. The van der Waals surface area contributed by atoms with Crippen LogP contribution in [0.2, 0.25) is 0 Å². The molecule has 0 aliphatic heterocycles. The summed E-state index contributed by atoms with van der Waals surface area (Å²) in [5.74, 6) is 0. The first-order chi connectivity index (χ1) is 9.26. The Morgan fingerprint density at radius 1 is 1.42 bits per heavy atom. The Kier molecular flexibility index (Phi) is 4.96. The smallest absolute Gasteiger partial charge is 0.0888 e. The molecule has 1 aromatic rings. The van der Waals surface area contributed by atoms with E-state index < -0.39 is 0 Å². The molecule has 0 aromatic carbocycles. The van der Waals surface area contributed by atoms with Crippen LogP contribution in [0.4, 0.5) is 0 Å². The molecule has 0 unspecified atom stereocenters. The van der Waals surface area contributed by atoms with Crippen molar-refractivity contribution < 1.29 is 9.94 Å². The summed E-state index contributed by atoms with van der Waals surface area (Å²) in [7, 11) is 0. The van der Waals surface area contributed by atoms with Crippen molar-refractivity contribution in [2.24, 2.45) is 5.16 Å². The third kappa shape index (κ3) is 3.56. The summed E-state index contributed by atoms with van der Waals surface area (Å²) in [5, 5.41) is 16.5. The Labute approximate surface area is 114 Å². The van der Waals surface area contributed by atoms with Gasteiger partial charge in [-0.15, -0.1) is 0 Å². The van der Waals surface area contributed by atoms with Crippen LogP contribution in [0.3, 0.4) is 0 Å². The lowest BCUT2D eigenvalue weighted by atomic mass is 9.96. The van der Waals surface area contributed by atoms with Crippen LogP contribution in [-0.4, -0.2) is 26.8 Å². The third-order valence-electron chi connectivity index (χ3n) is 3.69. The summed E-state index contributed by atoms with van der Waals surface area (Å²) in [6.07, 6.45) is 4.80. The summed E-state index contributed by atoms with van der Waals surface area (Å²) in [4.78, 5) is 0. The van der Waals surface area contributed by atoms with Gasteiger partial charge in [-0.25, -0.2) is 0 Å². The quantitative estimate of drug-likeness (QED) is 0.658. The van der Waals surface area contributed by atoms with Gasteiger partial charge < -0.3 is 9.94 Å². The summed E-state index contributed by atoms with van der Waals surface area (Å²) >= 11 is 0. The van der Waals surface area contributed by atoms with Gasteiger partial charge in [-0.05, 0) is 45.1 Å². The van der Waals surface area contributed by atoms with E-state index in [1.165, 1.54) is 0 Å². The summed E-state index contributed by atoms with van der Waals surface area (Å²) < 4.78 is 7.98. The molecule has 1 heterocycles. The van der Waals surface area contributed by atoms with E-state index in [1.807, 2.05) is 4.68 Å². The minimum atomic E-state index is 0.274. The van der Waals surface area contributed by atoms with Gasteiger partial charge in [0.15, 0.2) is 0 Å². The molecule has 0 radical (unpaired) electrons. The highest BCUT2D eigenvalue weighted by atomic mass is 16.5. The molecule has 0 saturated heterocycles. The van der Waals surface area contributed by atoms with Crippen molar-refractivity contribution >= 4 is 5.71 Å². The van der Waals surface area contributed by atoms with Gasteiger partial charge in [-0.3, -0.25) is 4.68 Å². The minimum absolute atomic E-state index is 0.274. The number of aryl methyl sites for hydroxylation is 2. The fraction of sp³-hybridized carbons (Fsp3) is 0.714.